The summed E-state index contributed by atoms with van der Waals surface area (Å²) in [6.07, 6.45) is 1.80. The fraction of sp³-hybridized carbons (Fsp3) is 1.00. The summed E-state index contributed by atoms with van der Waals surface area (Å²) < 4.78 is 0. The second-order valence-electron chi connectivity index (χ2n) is 1.98. The van der Waals surface area contributed by atoms with Gasteiger partial charge in [0.15, 0.2) is 0 Å². The van der Waals surface area contributed by atoms with Crippen molar-refractivity contribution in [2.24, 2.45) is 0 Å². The highest BCUT2D eigenvalue weighted by Gasteiger charge is 2.02. The van der Waals surface area contributed by atoms with Gasteiger partial charge in [0.1, 0.15) is 0 Å². The molecule has 1 aliphatic rings. The number of hydrogen-bond acceptors (Lipinski definition) is 2. The van der Waals surface area contributed by atoms with E-state index in [1.54, 1.807) is 0 Å². The van der Waals surface area contributed by atoms with Crippen LogP contribution >= 0.6 is 0 Å². The summed E-state index contributed by atoms with van der Waals surface area (Å²) in [7, 11) is 0. The van der Waals surface area contributed by atoms with E-state index in [9.17, 15) is 0 Å². The maximum atomic E-state index is 3.27. The van der Waals surface area contributed by atoms with Crippen LogP contribution < -0.4 is 10.6 Å². The molecule has 0 saturated carbocycles. The molecule has 0 unspecified atom stereocenters. The van der Waals surface area contributed by atoms with Gasteiger partial charge in [-0.1, -0.05) is 27.7 Å². The van der Waals surface area contributed by atoms with Gasteiger partial charge in [0.05, 0.1) is 6.17 Å². The van der Waals surface area contributed by atoms with Crippen molar-refractivity contribution in [2.45, 2.75) is 47.2 Å². The summed E-state index contributed by atoms with van der Waals surface area (Å²) in [5.41, 5.74) is 0. The first kappa shape index (κ1) is 13.5. The van der Waals surface area contributed by atoms with Gasteiger partial charge in [0.2, 0.25) is 0 Å². The van der Waals surface area contributed by atoms with Gasteiger partial charge in [-0.05, 0) is 26.4 Å². The van der Waals surface area contributed by atoms with Gasteiger partial charge < -0.3 is 10.6 Å². The SMILES string of the molecule is CC.CC.CC1NCCCN1. The van der Waals surface area contributed by atoms with E-state index in [1.165, 1.54) is 19.5 Å². The molecule has 0 atom stereocenters. The second kappa shape index (κ2) is 12.6. The molecule has 11 heavy (non-hydrogen) atoms. The normalized spacial score (nSPS) is 17.2. The second-order valence-corrected chi connectivity index (χ2v) is 1.98. The van der Waals surface area contributed by atoms with Crippen molar-refractivity contribution in [2.75, 3.05) is 13.1 Å². The van der Waals surface area contributed by atoms with Crippen LogP contribution in [0.2, 0.25) is 0 Å². The molecule has 2 heteroatoms. The summed E-state index contributed by atoms with van der Waals surface area (Å²) in [5, 5.41) is 6.54. The Labute approximate surface area is 71.8 Å². The molecule has 2 nitrogen and oxygen atoms in total. The lowest BCUT2D eigenvalue weighted by atomic mass is 10.3. The third-order valence-corrected chi connectivity index (χ3v) is 1.25. The van der Waals surface area contributed by atoms with E-state index in [0.717, 1.165) is 0 Å². The maximum absolute atomic E-state index is 3.27. The lowest BCUT2D eigenvalue weighted by Crippen LogP contribution is -2.45. The Hall–Kier alpha value is -0.0800. The first-order valence-corrected chi connectivity index (χ1v) is 4.86. The Kier molecular flexibility index (Phi) is 15.4. The van der Waals surface area contributed by atoms with E-state index in [2.05, 4.69) is 17.6 Å². The number of rotatable bonds is 0. The van der Waals surface area contributed by atoms with Crippen molar-refractivity contribution in [3.8, 4) is 0 Å². The number of hydrogen-bond donors (Lipinski definition) is 2. The molecule has 2 N–H and O–H groups in total. The van der Waals surface area contributed by atoms with E-state index < -0.39 is 0 Å². The molecule has 0 amide bonds. The molecule has 0 aromatic rings. The van der Waals surface area contributed by atoms with Crippen LogP contribution in [0.1, 0.15) is 41.0 Å². The van der Waals surface area contributed by atoms with Gasteiger partial charge in [-0.25, -0.2) is 0 Å². The van der Waals surface area contributed by atoms with E-state index in [1.807, 2.05) is 27.7 Å². The largest absolute Gasteiger partial charge is 0.302 e. The minimum absolute atomic E-state index is 0.536. The van der Waals surface area contributed by atoms with Crippen LogP contribution in [-0.4, -0.2) is 19.3 Å². The Bertz CT molecular complexity index is 49.5. The quantitative estimate of drug-likeness (QED) is 0.566. The molecule has 70 valence electrons. The Balaban J connectivity index is 0. The third-order valence-electron chi connectivity index (χ3n) is 1.25. The Morgan fingerprint density at radius 1 is 0.909 bits per heavy atom. The molecule has 1 aliphatic heterocycles. The molecule has 1 rings (SSSR count). The van der Waals surface area contributed by atoms with Crippen molar-refractivity contribution in [3.63, 3.8) is 0 Å². The summed E-state index contributed by atoms with van der Waals surface area (Å²) in [4.78, 5) is 0. The lowest BCUT2D eigenvalue weighted by Gasteiger charge is -2.20. The highest BCUT2D eigenvalue weighted by atomic mass is 15.1. The predicted molar refractivity (Wildman–Crippen MR) is 52.8 cm³/mol. The third kappa shape index (κ3) is 9.92. The summed E-state index contributed by atoms with van der Waals surface area (Å²) >= 11 is 0. The first-order chi connectivity index (χ1) is 5.39. The molecular weight excluding hydrogens is 136 g/mol. The molecule has 1 heterocycles. The van der Waals surface area contributed by atoms with Crippen LogP contribution in [0, 0.1) is 0 Å². The molecule has 0 aliphatic carbocycles. The van der Waals surface area contributed by atoms with Gasteiger partial charge in [-0.3, -0.25) is 0 Å². The standard InChI is InChI=1S/C5H12N2.2C2H6/c1-5-6-3-2-4-7-5;2*1-2/h5-7H,2-4H2,1H3;2*1-2H3. The van der Waals surface area contributed by atoms with E-state index >= 15 is 0 Å². The number of nitrogens with one attached hydrogen (secondary N) is 2. The molecule has 0 radical (unpaired) electrons. The van der Waals surface area contributed by atoms with E-state index in [-0.39, 0.29) is 0 Å². The van der Waals surface area contributed by atoms with Crippen LogP contribution in [0.15, 0.2) is 0 Å². The Morgan fingerprint density at radius 2 is 1.27 bits per heavy atom. The van der Waals surface area contributed by atoms with Gasteiger partial charge in [-0.15, -0.1) is 0 Å². The fourth-order valence-corrected chi connectivity index (χ4v) is 0.798. The lowest BCUT2D eigenvalue weighted by molar-refractivity contribution is 0.394. The molecular formula is C9H24N2. The van der Waals surface area contributed by atoms with Gasteiger partial charge in [0, 0.05) is 0 Å². The van der Waals surface area contributed by atoms with Crippen molar-refractivity contribution < 1.29 is 0 Å². The van der Waals surface area contributed by atoms with Gasteiger partial charge >= 0.3 is 0 Å². The van der Waals surface area contributed by atoms with Crippen molar-refractivity contribution in [1.29, 1.82) is 0 Å². The summed E-state index contributed by atoms with van der Waals surface area (Å²) in [6, 6.07) is 0. The zero-order valence-corrected chi connectivity index (χ0v) is 8.70. The minimum Gasteiger partial charge on any atom is -0.302 e. The highest BCUT2D eigenvalue weighted by Crippen LogP contribution is 1.84. The summed E-state index contributed by atoms with van der Waals surface area (Å²) in [5.74, 6) is 0. The van der Waals surface area contributed by atoms with Crippen LogP contribution in [0.5, 0.6) is 0 Å². The molecule has 0 spiro atoms. The average molecular weight is 160 g/mol. The fourth-order valence-electron chi connectivity index (χ4n) is 0.798. The first-order valence-electron chi connectivity index (χ1n) is 4.86. The topological polar surface area (TPSA) is 24.1 Å². The molecule has 0 bridgehead atoms. The zero-order chi connectivity index (χ0) is 9.11. The summed E-state index contributed by atoms with van der Waals surface area (Å²) in [6.45, 7) is 12.5. The predicted octanol–water partition coefficient (Wildman–Crippen LogP) is 1.97. The molecule has 0 aromatic heterocycles. The average Bonchev–Trinajstić information content (AvgIpc) is 2.13. The van der Waals surface area contributed by atoms with Crippen molar-refractivity contribution >= 4 is 0 Å². The van der Waals surface area contributed by atoms with Crippen LogP contribution in [0.3, 0.4) is 0 Å². The van der Waals surface area contributed by atoms with E-state index in [4.69, 9.17) is 0 Å². The van der Waals surface area contributed by atoms with Crippen LogP contribution in [0.25, 0.3) is 0 Å². The smallest absolute Gasteiger partial charge is 0.0542 e. The van der Waals surface area contributed by atoms with E-state index in [0.29, 0.717) is 6.17 Å². The van der Waals surface area contributed by atoms with Gasteiger partial charge in [-0.2, -0.15) is 0 Å². The Morgan fingerprint density at radius 3 is 1.45 bits per heavy atom. The molecule has 1 saturated heterocycles. The highest BCUT2D eigenvalue weighted by molar-refractivity contribution is 4.64. The van der Waals surface area contributed by atoms with Crippen LogP contribution in [-0.2, 0) is 0 Å². The maximum Gasteiger partial charge on any atom is 0.0542 e. The van der Waals surface area contributed by atoms with Gasteiger partial charge in [0.25, 0.3) is 0 Å². The van der Waals surface area contributed by atoms with Crippen LogP contribution in [0.4, 0.5) is 0 Å². The van der Waals surface area contributed by atoms with Crippen molar-refractivity contribution in [1.82, 2.24) is 10.6 Å². The zero-order valence-electron chi connectivity index (χ0n) is 8.70. The minimum atomic E-state index is 0.536. The monoisotopic (exact) mass is 160 g/mol. The van der Waals surface area contributed by atoms with Crippen molar-refractivity contribution in [3.05, 3.63) is 0 Å². The molecule has 1 fully saturated rings. The molecule has 0 aromatic carbocycles.